The van der Waals surface area contributed by atoms with Crippen LogP contribution in [0.15, 0.2) is 29.2 Å². The Morgan fingerprint density at radius 3 is 2.56 bits per heavy atom. The molecule has 0 saturated carbocycles. The van der Waals surface area contributed by atoms with E-state index in [0.29, 0.717) is 6.42 Å². The maximum absolute atomic E-state index is 11.4. The van der Waals surface area contributed by atoms with E-state index in [1.807, 2.05) is 6.92 Å². The van der Waals surface area contributed by atoms with Gasteiger partial charge < -0.3 is 9.29 Å². The molecule has 0 amide bonds. The van der Waals surface area contributed by atoms with Gasteiger partial charge >= 0.3 is 5.97 Å². The first-order valence-electron chi connectivity index (χ1n) is 5.70. The van der Waals surface area contributed by atoms with Crippen LogP contribution in [0, 0.1) is 0 Å². The average Bonchev–Trinajstić information content (AvgIpc) is 2.28. The number of ether oxygens (including phenoxy) is 1. The molecule has 0 fully saturated rings. The summed E-state index contributed by atoms with van der Waals surface area (Å²) in [6, 6.07) is 5.32. The molecule has 0 atom stereocenters. The lowest BCUT2D eigenvalue weighted by Gasteiger charge is -2.12. The van der Waals surface area contributed by atoms with Crippen molar-refractivity contribution in [3.8, 4) is 5.75 Å². The van der Waals surface area contributed by atoms with Crippen molar-refractivity contribution < 1.29 is 22.5 Å². The molecule has 0 spiro atoms. The van der Waals surface area contributed by atoms with E-state index in [1.54, 1.807) is 0 Å². The van der Waals surface area contributed by atoms with Crippen molar-refractivity contribution in [1.29, 1.82) is 0 Å². The summed E-state index contributed by atoms with van der Waals surface area (Å²) in [7, 11) is -4.63. The summed E-state index contributed by atoms with van der Waals surface area (Å²) in [5, 5.41) is 0. The van der Waals surface area contributed by atoms with Gasteiger partial charge in [-0.15, -0.1) is 0 Å². The van der Waals surface area contributed by atoms with Gasteiger partial charge in [0.25, 0.3) is 0 Å². The Bertz CT molecular complexity index is 507. The van der Waals surface area contributed by atoms with Crippen molar-refractivity contribution in [1.82, 2.24) is 0 Å². The SMILES string of the molecule is CCCCCC(=O)Oc1ccccc1S(=O)(=O)[O-]. The van der Waals surface area contributed by atoms with Crippen LogP contribution in [0.4, 0.5) is 0 Å². The van der Waals surface area contributed by atoms with Crippen LogP contribution in [0.3, 0.4) is 0 Å². The minimum Gasteiger partial charge on any atom is -0.744 e. The Morgan fingerprint density at radius 1 is 1.28 bits per heavy atom. The summed E-state index contributed by atoms with van der Waals surface area (Å²) in [5.74, 6) is -0.728. The molecule has 100 valence electrons. The van der Waals surface area contributed by atoms with Crippen LogP contribution in [0.1, 0.15) is 32.6 Å². The monoisotopic (exact) mass is 271 g/mol. The van der Waals surface area contributed by atoms with Crippen molar-refractivity contribution >= 4 is 16.1 Å². The van der Waals surface area contributed by atoms with Gasteiger partial charge in [-0.05, 0) is 18.6 Å². The minimum absolute atomic E-state index is 0.200. The molecule has 0 heterocycles. The van der Waals surface area contributed by atoms with E-state index in [4.69, 9.17) is 4.74 Å². The van der Waals surface area contributed by atoms with Crippen molar-refractivity contribution in [3.05, 3.63) is 24.3 Å². The van der Waals surface area contributed by atoms with Gasteiger partial charge in [0, 0.05) is 6.42 Å². The molecule has 1 rings (SSSR count). The predicted molar refractivity (Wildman–Crippen MR) is 64.2 cm³/mol. The lowest BCUT2D eigenvalue weighted by molar-refractivity contribution is -0.134. The third-order valence-corrected chi connectivity index (χ3v) is 3.20. The standard InChI is InChI=1S/C12H16O5S/c1-2-3-4-9-12(13)17-10-7-5-6-8-11(10)18(14,15)16/h5-8H,2-4,9H2,1H3,(H,14,15,16)/p-1. The van der Waals surface area contributed by atoms with Crippen molar-refractivity contribution in [2.24, 2.45) is 0 Å². The van der Waals surface area contributed by atoms with E-state index in [9.17, 15) is 17.8 Å². The highest BCUT2D eigenvalue weighted by molar-refractivity contribution is 7.85. The molecule has 0 unspecified atom stereocenters. The van der Waals surface area contributed by atoms with Crippen LogP contribution in [-0.2, 0) is 14.9 Å². The number of rotatable bonds is 6. The van der Waals surface area contributed by atoms with E-state index in [0.717, 1.165) is 18.9 Å². The zero-order valence-electron chi connectivity index (χ0n) is 10.1. The molecule has 0 saturated heterocycles. The normalized spacial score (nSPS) is 11.2. The van der Waals surface area contributed by atoms with Crippen LogP contribution in [0.2, 0.25) is 0 Å². The van der Waals surface area contributed by atoms with E-state index in [2.05, 4.69) is 0 Å². The fourth-order valence-electron chi connectivity index (χ4n) is 1.43. The fraction of sp³-hybridized carbons (Fsp3) is 0.417. The Labute approximate surface area is 107 Å². The molecule has 18 heavy (non-hydrogen) atoms. The van der Waals surface area contributed by atoms with Crippen LogP contribution in [0.5, 0.6) is 5.75 Å². The first-order valence-corrected chi connectivity index (χ1v) is 7.11. The summed E-state index contributed by atoms with van der Waals surface area (Å²) in [6.45, 7) is 2.00. The van der Waals surface area contributed by atoms with Crippen LogP contribution in [-0.4, -0.2) is 18.9 Å². The summed E-state index contributed by atoms with van der Waals surface area (Å²) < 4.78 is 37.7. The van der Waals surface area contributed by atoms with Gasteiger partial charge in [0.05, 0.1) is 4.90 Å². The molecule has 1 aromatic carbocycles. The van der Waals surface area contributed by atoms with Crippen molar-refractivity contribution in [3.63, 3.8) is 0 Å². The number of unbranched alkanes of at least 4 members (excludes halogenated alkanes) is 2. The molecule has 0 aliphatic heterocycles. The molecule has 5 nitrogen and oxygen atoms in total. The lowest BCUT2D eigenvalue weighted by Crippen LogP contribution is -2.10. The molecular formula is C12H15O5S-. The zero-order chi connectivity index (χ0) is 13.6. The van der Waals surface area contributed by atoms with E-state index in [1.165, 1.54) is 18.2 Å². The molecule has 0 bridgehead atoms. The lowest BCUT2D eigenvalue weighted by atomic mass is 10.2. The smallest absolute Gasteiger partial charge is 0.311 e. The Balaban J connectivity index is 2.76. The second kappa shape index (κ2) is 6.51. The maximum Gasteiger partial charge on any atom is 0.311 e. The van der Waals surface area contributed by atoms with Gasteiger partial charge in [-0.2, -0.15) is 0 Å². The number of benzene rings is 1. The fourth-order valence-corrected chi connectivity index (χ4v) is 2.04. The van der Waals surface area contributed by atoms with E-state index >= 15 is 0 Å². The van der Waals surface area contributed by atoms with Gasteiger partial charge in [-0.1, -0.05) is 31.9 Å². The number of carbonyl (C=O) groups excluding carboxylic acids is 1. The highest BCUT2D eigenvalue weighted by Crippen LogP contribution is 2.23. The summed E-state index contributed by atoms with van der Waals surface area (Å²) in [5.41, 5.74) is 0. The molecule has 0 aliphatic carbocycles. The molecule has 0 aliphatic rings. The van der Waals surface area contributed by atoms with Gasteiger partial charge in [0.15, 0.2) is 0 Å². The summed E-state index contributed by atoms with van der Waals surface area (Å²) in [4.78, 5) is 10.9. The van der Waals surface area contributed by atoms with Crippen LogP contribution >= 0.6 is 0 Å². The van der Waals surface area contributed by atoms with Gasteiger partial charge in [-0.3, -0.25) is 4.79 Å². The maximum atomic E-state index is 11.4. The Morgan fingerprint density at radius 2 is 1.94 bits per heavy atom. The minimum atomic E-state index is -4.63. The molecule has 1 aromatic rings. The predicted octanol–water partition coefficient (Wildman–Crippen LogP) is 2.08. The first-order chi connectivity index (χ1) is 8.45. The third kappa shape index (κ3) is 4.46. The highest BCUT2D eigenvalue weighted by atomic mass is 32.2. The molecule has 6 heteroatoms. The Hall–Kier alpha value is -1.40. The van der Waals surface area contributed by atoms with E-state index < -0.39 is 21.0 Å². The largest absolute Gasteiger partial charge is 0.744 e. The van der Waals surface area contributed by atoms with Crippen LogP contribution < -0.4 is 4.74 Å². The molecule has 0 aromatic heterocycles. The topological polar surface area (TPSA) is 83.5 Å². The number of hydrogen-bond acceptors (Lipinski definition) is 5. The van der Waals surface area contributed by atoms with Crippen molar-refractivity contribution in [2.75, 3.05) is 0 Å². The summed E-state index contributed by atoms with van der Waals surface area (Å²) in [6.07, 6.45) is 2.76. The van der Waals surface area contributed by atoms with E-state index in [-0.39, 0.29) is 12.2 Å². The second-order valence-corrected chi connectivity index (χ2v) is 5.18. The number of esters is 1. The second-order valence-electron chi connectivity index (χ2n) is 3.83. The molecular weight excluding hydrogens is 256 g/mol. The van der Waals surface area contributed by atoms with Gasteiger partial charge in [-0.25, -0.2) is 8.42 Å². The first kappa shape index (κ1) is 14.7. The number of para-hydroxylation sites is 1. The average molecular weight is 271 g/mol. The van der Waals surface area contributed by atoms with Gasteiger partial charge in [0.1, 0.15) is 15.9 Å². The van der Waals surface area contributed by atoms with Gasteiger partial charge in [0.2, 0.25) is 0 Å². The molecule has 0 N–H and O–H groups in total. The number of hydrogen-bond donors (Lipinski definition) is 0. The van der Waals surface area contributed by atoms with Crippen LogP contribution in [0.25, 0.3) is 0 Å². The zero-order valence-corrected chi connectivity index (χ0v) is 10.9. The molecule has 0 radical (unpaired) electrons. The summed E-state index contributed by atoms with van der Waals surface area (Å²) >= 11 is 0. The Kier molecular flexibility index (Phi) is 5.30. The van der Waals surface area contributed by atoms with Crippen molar-refractivity contribution in [2.45, 2.75) is 37.5 Å². The quantitative estimate of drug-likeness (QED) is 0.342. The third-order valence-electron chi connectivity index (χ3n) is 2.33. The number of carbonyl (C=O) groups is 1. The highest BCUT2D eigenvalue weighted by Gasteiger charge is 2.12.